The zero-order valence-electron chi connectivity index (χ0n) is 23.0. The summed E-state index contributed by atoms with van der Waals surface area (Å²) >= 11 is 8.17. The topological polar surface area (TPSA) is 78.9 Å². The van der Waals surface area contributed by atoms with Crippen molar-refractivity contribution in [3.05, 3.63) is 76.5 Å². The Balaban J connectivity index is 0. The minimum Gasteiger partial charge on any atom is -0.447 e. The van der Waals surface area contributed by atoms with E-state index >= 15 is 0 Å². The minimum absolute atomic E-state index is 0. The van der Waals surface area contributed by atoms with Crippen LogP contribution in [0.5, 0.6) is 0 Å². The molecule has 4 heterocycles. The summed E-state index contributed by atoms with van der Waals surface area (Å²) in [5.41, 5.74) is 0.212. The molecule has 0 N–H and O–H groups in total. The number of carbonyl (C=O) groups is 3. The van der Waals surface area contributed by atoms with E-state index in [1.165, 1.54) is 6.42 Å². The summed E-state index contributed by atoms with van der Waals surface area (Å²) in [5, 5.41) is 5.60. The van der Waals surface area contributed by atoms with Crippen LogP contribution in [0.3, 0.4) is 0 Å². The predicted octanol–water partition coefficient (Wildman–Crippen LogP) is 4.16. The zero-order valence-corrected chi connectivity index (χ0v) is 25.4. The number of allylic oxidation sites excluding steroid dienone is 1. The van der Waals surface area contributed by atoms with Crippen LogP contribution in [0.1, 0.15) is 51.3 Å². The third-order valence-corrected chi connectivity index (χ3v) is 6.50. The number of thiophene rings is 2. The van der Waals surface area contributed by atoms with Gasteiger partial charge in [0.1, 0.15) is 6.61 Å². The molecule has 10 heteroatoms. The number of unbranched alkanes of at least 4 members (excludes halogenated alkanes) is 1. The van der Waals surface area contributed by atoms with Crippen molar-refractivity contribution >= 4 is 51.3 Å². The fraction of sp³-hybridized carbons (Fsp3) is 0.429. The Kier molecular flexibility index (Phi) is 23.8. The quantitative estimate of drug-likeness (QED) is 0.175. The maximum Gasteiger partial charge on any atom is 1.00 e. The van der Waals surface area contributed by atoms with Crippen molar-refractivity contribution in [1.29, 1.82) is 0 Å². The van der Waals surface area contributed by atoms with Gasteiger partial charge in [-0.3, -0.25) is 9.59 Å². The molecule has 4 rings (SSSR count). The summed E-state index contributed by atoms with van der Waals surface area (Å²) < 4.78 is 15.6. The number of esters is 1. The summed E-state index contributed by atoms with van der Waals surface area (Å²) in [6, 6.07) is 7.97. The summed E-state index contributed by atoms with van der Waals surface area (Å²) in [6.07, 6.45) is 3.62. The maximum absolute atomic E-state index is 11.6. The molecule has 0 aromatic carbocycles. The second-order valence-corrected chi connectivity index (χ2v) is 10.1. The Hall–Kier alpha value is -1.50. The number of Topliss-reactive ketones (excluding diaryl/α,β-unsaturated/α-hetero) is 1. The van der Waals surface area contributed by atoms with Gasteiger partial charge in [0.05, 0.1) is 24.7 Å². The van der Waals surface area contributed by atoms with E-state index < -0.39 is 10.8 Å². The number of ether oxygens (including phenoxy) is 3. The van der Waals surface area contributed by atoms with Gasteiger partial charge in [-0.25, -0.2) is 4.79 Å². The van der Waals surface area contributed by atoms with Crippen LogP contribution in [0.2, 0.25) is 0 Å². The summed E-state index contributed by atoms with van der Waals surface area (Å²) in [7, 11) is 0. The first-order chi connectivity index (χ1) is 17.6. The molecule has 0 saturated carbocycles. The van der Waals surface area contributed by atoms with Crippen molar-refractivity contribution in [2.24, 2.45) is 0 Å². The van der Waals surface area contributed by atoms with Crippen LogP contribution < -0.4 is 18.9 Å². The Labute approximate surface area is 252 Å². The third-order valence-electron chi connectivity index (χ3n) is 4.49. The van der Waals surface area contributed by atoms with Crippen molar-refractivity contribution in [2.45, 2.75) is 52.1 Å². The van der Waals surface area contributed by atoms with Gasteiger partial charge in [0, 0.05) is 24.0 Å². The maximum atomic E-state index is 11.6. The van der Waals surface area contributed by atoms with Gasteiger partial charge in [0.15, 0.2) is 11.4 Å². The Morgan fingerprint density at radius 1 is 1.11 bits per heavy atom. The zero-order chi connectivity index (χ0) is 28.1. The van der Waals surface area contributed by atoms with Gasteiger partial charge in [-0.05, 0) is 47.7 Å². The molecule has 2 aromatic rings. The Bertz CT molecular complexity index is 884. The first kappa shape index (κ1) is 38.6. The van der Waals surface area contributed by atoms with Crippen molar-refractivity contribution in [3.63, 3.8) is 0 Å². The smallest absolute Gasteiger partial charge is 0.447 e. The van der Waals surface area contributed by atoms with Gasteiger partial charge in [0.2, 0.25) is 5.24 Å². The molecule has 2 aliphatic rings. The second kappa shape index (κ2) is 23.4. The van der Waals surface area contributed by atoms with Gasteiger partial charge < -0.3 is 21.1 Å². The minimum atomic E-state index is -0.593. The van der Waals surface area contributed by atoms with Crippen LogP contribution in [0.4, 0.5) is 0 Å². The van der Waals surface area contributed by atoms with Crippen LogP contribution in [-0.4, -0.2) is 43.4 Å². The van der Waals surface area contributed by atoms with E-state index in [4.69, 9.17) is 25.8 Å². The number of halogens is 1. The van der Waals surface area contributed by atoms with E-state index in [0.29, 0.717) is 50.4 Å². The van der Waals surface area contributed by atoms with E-state index in [0.717, 1.165) is 11.3 Å². The first-order valence-electron chi connectivity index (χ1n) is 11.8. The van der Waals surface area contributed by atoms with Gasteiger partial charge in [-0.2, -0.15) is 17.8 Å². The molecule has 0 spiro atoms. The number of hydrogen-bond acceptors (Lipinski definition) is 8. The van der Waals surface area contributed by atoms with Crippen molar-refractivity contribution in [3.8, 4) is 0 Å². The molecule has 38 heavy (non-hydrogen) atoms. The van der Waals surface area contributed by atoms with Crippen LogP contribution in [0.25, 0.3) is 0 Å². The van der Waals surface area contributed by atoms with Crippen LogP contribution in [0.15, 0.2) is 64.7 Å². The van der Waals surface area contributed by atoms with Gasteiger partial charge in [0.25, 0.3) is 0 Å². The number of carbonyl (C=O) groups excluding carboxylic acids is 3. The molecule has 0 amide bonds. The molecular formula is C28H38ClLiO6S2. The van der Waals surface area contributed by atoms with Gasteiger partial charge in [-0.15, -0.1) is 11.3 Å². The molecule has 0 aliphatic carbocycles. The Morgan fingerprint density at radius 3 is 1.97 bits per heavy atom. The number of hydrogen-bond donors (Lipinski definition) is 0. The molecule has 2 aromatic heterocycles. The van der Waals surface area contributed by atoms with E-state index in [1.807, 2.05) is 40.4 Å². The molecule has 1 unspecified atom stereocenters. The van der Waals surface area contributed by atoms with Crippen molar-refractivity contribution < 1.29 is 47.5 Å². The molecule has 2 aliphatic heterocycles. The molecule has 2 saturated heterocycles. The van der Waals surface area contributed by atoms with Crippen LogP contribution >= 0.6 is 34.3 Å². The van der Waals surface area contributed by atoms with Gasteiger partial charge >= 0.3 is 24.8 Å². The molecule has 6 nitrogen and oxygen atoms in total. The third kappa shape index (κ3) is 17.9. The van der Waals surface area contributed by atoms with E-state index in [9.17, 15) is 14.4 Å². The van der Waals surface area contributed by atoms with Crippen molar-refractivity contribution in [1.82, 2.24) is 0 Å². The molecule has 206 valence electrons. The predicted molar refractivity (Wildman–Crippen MR) is 153 cm³/mol. The SMILES string of the molecule is C=C(C)C(=O)Cl.C=C(C)C(=O)OC1(c2cccs2)CCOC1.O=C1CCOC1.[CH2-]CCC.[Li+].c1ccsc1. The van der Waals surface area contributed by atoms with Crippen LogP contribution in [-0.2, 0) is 34.2 Å². The molecule has 0 bridgehead atoms. The number of rotatable bonds is 5. The average Bonchev–Trinajstić information content (AvgIpc) is 3.68. The largest absolute Gasteiger partial charge is 1.00 e. The standard InChI is InChI=1S/C12H14O3S.C4H5ClO.C4H6O2.C4H4S.C4H9.Li/c1-9(2)11(13)15-12(5-6-14-8-12)10-4-3-7-16-10;1-3(2)4(5)6;5-4-1-2-6-3-4;1-2-4-5-3-1;1-3-4-2;/h3-4,7H,1,5-6,8H2,2H3;1H2,2H3;1-3H2;1-4H;1,3-4H2,2H3;/q;;;;-1;+1. The fourth-order valence-corrected chi connectivity index (χ4v) is 3.68. The summed E-state index contributed by atoms with van der Waals surface area (Å²) in [5.74, 6) is -0.117. The number of ketones is 1. The van der Waals surface area contributed by atoms with E-state index in [2.05, 4.69) is 27.0 Å². The van der Waals surface area contributed by atoms with Crippen molar-refractivity contribution in [2.75, 3.05) is 26.4 Å². The fourth-order valence-electron chi connectivity index (χ4n) is 2.34. The molecular weight excluding hydrogens is 539 g/mol. The second-order valence-electron chi connectivity index (χ2n) is 7.99. The summed E-state index contributed by atoms with van der Waals surface area (Å²) in [6.45, 7) is 17.9. The molecule has 0 radical (unpaired) electrons. The van der Waals surface area contributed by atoms with Crippen LogP contribution in [0, 0.1) is 6.92 Å². The van der Waals surface area contributed by atoms with E-state index in [-0.39, 0.29) is 30.6 Å². The van der Waals surface area contributed by atoms with Gasteiger partial charge in [-0.1, -0.05) is 44.7 Å². The molecule has 1 atom stereocenters. The normalized spacial score (nSPS) is 16.8. The molecule has 2 fully saturated rings. The summed E-state index contributed by atoms with van der Waals surface area (Å²) in [4.78, 5) is 32.6. The first-order valence-corrected chi connectivity index (χ1v) is 14.0. The monoisotopic (exact) mass is 576 g/mol. The Morgan fingerprint density at radius 2 is 1.71 bits per heavy atom. The van der Waals surface area contributed by atoms with E-state index in [1.54, 1.807) is 36.5 Å². The average molecular weight is 577 g/mol.